The molecule has 1 N–H and O–H groups in total. The number of aryl methyl sites for hydroxylation is 1. The van der Waals surface area contributed by atoms with Gasteiger partial charge in [-0.25, -0.2) is 0 Å². The summed E-state index contributed by atoms with van der Waals surface area (Å²) in [4.78, 5) is 18.1. The lowest BCUT2D eigenvalue weighted by molar-refractivity contribution is -0.182. The number of thioether (sulfide) groups is 1. The largest absolute Gasteiger partial charge is 0.355 e. The van der Waals surface area contributed by atoms with Crippen LogP contribution in [0, 0.1) is 6.92 Å². The van der Waals surface area contributed by atoms with E-state index in [0.717, 1.165) is 22.3 Å². The van der Waals surface area contributed by atoms with E-state index in [4.69, 9.17) is 0 Å². The van der Waals surface area contributed by atoms with E-state index in [0.29, 0.717) is 31.6 Å². The minimum Gasteiger partial charge on any atom is -0.355 e. The Morgan fingerprint density at radius 2 is 1.71 bits per heavy atom. The minimum absolute atomic E-state index is 0.0307. The van der Waals surface area contributed by atoms with E-state index < -0.39 is 5.34 Å². The standard InChI is InChI=1S/C19H27F2N5O.C7H8S/c1-13-9-15(14(2)22-3)16-11-18(23(4)19(27)17(16)10-13)25-7-5-24(6-8-25)12-26(20)21;1-8-7-5-3-2-4-6-7/h9-11,14,22H,5-8,12H2,1-4H3;2-6H,1H3/t14-;/m1./s1. The Balaban J connectivity index is 0.000000363. The first-order valence-electron chi connectivity index (χ1n) is 11.7. The topological polar surface area (TPSA) is 43.8 Å². The predicted octanol–water partition coefficient (Wildman–Crippen LogP) is 4.69. The van der Waals surface area contributed by atoms with Crippen molar-refractivity contribution in [3.8, 4) is 0 Å². The molecule has 1 saturated heterocycles. The van der Waals surface area contributed by atoms with Crippen molar-refractivity contribution in [3.63, 3.8) is 0 Å². The van der Waals surface area contributed by atoms with Crippen LogP contribution in [0.5, 0.6) is 0 Å². The molecule has 0 aliphatic carbocycles. The van der Waals surface area contributed by atoms with Gasteiger partial charge < -0.3 is 10.2 Å². The molecule has 6 nitrogen and oxygen atoms in total. The van der Waals surface area contributed by atoms with Crippen molar-refractivity contribution in [2.24, 2.45) is 7.05 Å². The quantitative estimate of drug-likeness (QED) is 0.389. The van der Waals surface area contributed by atoms with Gasteiger partial charge in [0, 0.05) is 54.9 Å². The first-order valence-corrected chi connectivity index (χ1v) is 12.9. The summed E-state index contributed by atoms with van der Waals surface area (Å²) >= 11 is 1.77. The zero-order valence-electron chi connectivity index (χ0n) is 21.1. The molecule has 0 amide bonds. The second-order valence-corrected chi connectivity index (χ2v) is 9.64. The smallest absolute Gasteiger partial charge is 0.259 e. The number of rotatable bonds is 6. The number of hydrogen-bond donors (Lipinski definition) is 1. The van der Waals surface area contributed by atoms with Crippen LogP contribution in [0.2, 0.25) is 0 Å². The lowest BCUT2D eigenvalue weighted by atomic mass is 9.97. The molecule has 0 saturated carbocycles. The molecule has 3 aromatic rings. The molecule has 0 bridgehead atoms. The van der Waals surface area contributed by atoms with Crippen molar-refractivity contribution >= 4 is 28.4 Å². The van der Waals surface area contributed by atoms with E-state index >= 15 is 0 Å². The maximum Gasteiger partial charge on any atom is 0.259 e. The molecule has 0 spiro atoms. The van der Waals surface area contributed by atoms with E-state index in [-0.39, 0.29) is 18.3 Å². The van der Waals surface area contributed by atoms with Crippen LogP contribution in [0.25, 0.3) is 10.8 Å². The summed E-state index contributed by atoms with van der Waals surface area (Å²) in [6.45, 7) is 5.99. The molecule has 35 heavy (non-hydrogen) atoms. The van der Waals surface area contributed by atoms with Crippen LogP contribution in [0.4, 0.5) is 14.8 Å². The molecule has 1 aliphatic rings. The number of nitrogens with one attached hydrogen (secondary N) is 1. The van der Waals surface area contributed by atoms with Crippen LogP contribution in [-0.2, 0) is 7.05 Å². The molecular weight excluding hydrogens is 468 g/mol. The molecule has 190 valence electrons. The average molecular weight is 504 g/mol. The molecule has 2 aromatic carbocycles. The third-order valence-corrected chi connectivity index (χ3v) is 7.13. The van der Waals surface area contributed by atoms with Crippen molar-refractivity contribution < 1.29 is 8.96 Å². The minimum atomic E-state index is -0.796. The van der Waals surface area contributed by atoms with Gasteiger partial charge in [-0.3, -0.25) is 14.3 Å². The molecule has 2 heterocycles. The molecule has 1 atom stereocenters. The number of hydrogen-bond acceptors (Lipinski definition) is 6. The van der Waals surface area contributed by atoms with Gasteiger partial charge in [-0.05, 0) is 67.9 Å². The summed E-state index contributed by atoms with van der Waals surface area (Å²) in [6, 6.07) is 16.5. The Morgan fingerprint density at radius 3 is 2.26 bits per heavy atom. The Bertz CT molecular complexity index is 1160. The summed E-state index contributed by atoms with van der Waals surface area (Å²) in [6.07, 6.45) is 2.08. The zero-order chi connectivity index (χ0) is 25.5. The van der Waals surface area contributed by atoms with Crippen LogP contribution in [0.3, 0.4) is 0 Å². The van der Waals surface area contributed by atoms with E-state index in [9.17, 15) is 13.8 Å². The highest BCUT2D eigenvalue weighted by molar-refractivity contribution is 7.98. The average Bonchev–Trinajstić information content (AvgIpc) is 2.86. The lowest BCUT2D eigenvalue weighted by Crippen LogP contribution is -2.49. The second kappa shape index (κ2) is 12.5. The number of aromatic nitrogens is 1. The highest BCUT2D eigenvalue weighted by Gasteiger charge is 2.22. The first kappa shape index (κ1) is 27.1. The van der Waals surface area contributed by atoms with E-state index in [1.54, 1.807) is 28.3 Å². The van der Waals surface area contributed by atoms with Gasteiger partial charge in [0.2, 0.25) is 0 Å². The maximum atomic E-state index is 13.0. The molecule has 1 aliphatic heterocycles. The van der Waals surface area contributed by atoms with Crippen molar-refractivity contribution in [1.82, 2.24) is 20.1 Å². The summed E-state index contributed by atoms with van der Waals surface area (Å²) in [7, 11) is 3.68. The number of fused-ring (bicyclic) bond motifs is 1. The van der Waals surface area contributed by atoms with Gasteiger partial charge >= 0.3 is 0 Å². The van der Waals surface area contributed by atoms with Gasteiger partial charge in [-0.15, -0.1) is 20.7 Å². The Kier molecular flexibility index (Phi) is 9.68. The normalized spacial score (nSPS) is 15.3. The molecule has 9 heteroatoms. The van der Waals surface area contributed by atoms with Crippen LogP contribution < -0.4 is 15.8 Å². The monoisotopic (exact) mass is 503 g/mol. The van der Waals surface area contributed by atoms with Gasteiger partial charge in [0.1, 0.15) is 12.5 Å². The molecule has 1 fully saturated rings. The van der Waals surface area contributed by atoms with Crippen LogP contribution in [-0.4, -0.2) is 61.0 Å². The predicted molar refractivity (Wildman–Crippen MR) is 142 cm³/mol. The van der Waals surface area contributed by atoms with Gasteiger partial charge in [0.05, 0.1) is 0 Å². The summed E-state index contributed by atoms with van der Waals surface area (Å²) in [5.74, 6) is 0.831. The highest BCUT2D eigenvalue weighted by atomic mass is 32.2. The van der Waals surface area contributed by atoms with Crippen molar-refractivity contribution in [2.45, 2.75) is 24.8 Å². The Morgan fingerprint density at radius 1 is 1.06 bits per heavy atom. The number of halogens is 2. The molecule has 0 unspecified atom stereocenters. The van der Waals surface area contributed by atoms with E-state index in [2.05, 4.69) is 47.7 Å². The number of piperazine rings is 1. The lowest BCUT2D eigenvalue weighted by Gasteiger charge is -2.36. The Labute approximate surface area is 210 Å². The summed E-state index contributed by atoms with van der Waals surface area (Å²) < 4.78 is 26.6. The first-order chi connectivity index (χ1) is 16.7. The van der Waals surface area contributed by atoms with Crippen LogP contribution in [0.15, 0.2) is 58.2 Å². The highest BCUT2D eigenvalue weighted by Crippen LogP contribution is 2.28. The third kappa shape index (κ3) is 6.82. The molecule has 0 radical (unpaired) electrons. The molecule has 4 rings (SSSR count). The SMILES string of the molecule is CN[C@H](C)c1cc(C)cc2c(=O)n(C)c(N3CCN(CN(F)F)CC3)cc12.CSc1ccccc1. The zero-order valence-corrected chi connectivity index (χ0v) is 21.9. The molecular formula is C26H35F2N5OS. The number of anilines is 1. The van der Waals surface area contributed by atoms with Gasteiger partial charge in [-0.2, -0.15) is 0 Å². The Hall–Kier alpha value is -2.46. The fourth-order valence-corrected chi connectivity index (χ4v) is 4.75. The molecule has 1 aromatic heterocycles. The van der Waals surface area contributed by atoms with E-state index in [1.807, 2.05) is 38.2 Å². The maximum absolute atomic E-state index is 13.0. The summed E-state index contributed by atoms with van der Waals surface area (Å²) in [5.41, 5.74) is 2.12. The summed E-state index contributed by atoms with van der Waals surface area (Å²) in [5, 5.41) is 4.11. The number of nitrogens with zero attached hydrogens (tertiary/aromatic N) is 4. The van der Waals surface area contributed by atoms with Crippen LogP contribution >= 0.6 is 11.8 Å². The second-order valence-electron chi connectivity index (χ2n) is 8.76. The fourth-order valence-electron chi connectivity index (χ4n) is 4.32. The van der Waals surface area contributed by atoms with Gasteiger partial charge in [0.25, 0.3) is 5.56 Å². The van der Waals surface area contributed by atoms with Crippen molar-refractivity contribution in [3.05, 3.63) is 70.0 Å². The van der Waals surface area contributed by atoms with Gasteiger partial charge in [0.15, 0.2) is 0 Å². The van der Waals surface area contributed by atoms with Crippen LogP contribution in [0.1, 0.15) is 24.1 Å². The fraction of sp³-hybridized carbons (Fsp3) is 0.423. The van der Waals surface area contributed by atoms with Crippen molar-refractivity contribution in [2.75, 3.05) is 51.1 Å². The van der Waals surface area contributed by atoms with E-state index in [1.165, 1.54) is 4.90 Å². The number of pyridine rings is 1. The number of benzene rings is 2. The van der Waals surface area contributed by atoms with Crippen molar-refractivity contribution in [1.29, 1.82) is 0 Å². The van der Waals surface area contributed by atoms with Gasteiger partial charge in [-0.1, -0.05) is 24.3 Å². The third-order valence-electron chi connectivity index (χ3n) is 6.39.